The summed E-state index contributed by atoms with van der Waals surface area (Å²) in [4.78, 5) is 21.9. The van der Waals surface area contributed by atoms with E-state index in [1.165, 1.54) is 4.90 Å². The SMILES string of the molecule is CCC(Nc1ccnc(C(=O)N(C)C)c1)c1nccs1. The summed E-state index contributed by atoms with van der Waals surface area (Å²) in [6.07, 6.45) is 4.37. The number of anilines is 1. The summed E-state index contributed by atoms with van der Waals surface area (Å²) in [7, 11) is 3.43. The molecule has 2 aromatic rings. The zero-order chi connectivity index (χ0) is 14.5. The molecule has 106 valence electrons. The number of carbonyl (C=O) groups is 1. The number of rotatable bonds is 5. The van der Waals surface area contributed by atoms with Gasteiger partial charge in [0.15, 0.2) is 0 Å². The van der Waals surface area contributed by atoms with Crippen LogP contribution >= 0.6 is 11.3 Å². The fraction of sp³-hybridized carbons (Fsp3) is 0.357. The van der Waals surface area contributed by atoms with Crippen LogP contribution in [0.4, 0.5) is 5.69 Å². The Labute approximate surface area is 122 Å². The van der Waals surface area contributed by atoms with Crippen molar-refractivity contribution in [2.45, 2.75) is 19.4 Å². The van der Waals surface area contributed by atoms with Gasteiger partial charge < -0.3 is 10.2 Å². The number of aromatic nitrogens is 2. The Morgan fingerprint density at radius 3 is 2.80 bits per heavy atom. The van der Waals surface area contributed by atoms with Crippen molar-refractivity contribution in [2.24, 2.45) is 0 Å². The van der Waals surface area contributed by atoms with Crippen LogP contribution in [-0.2, 0) is 0 Å². The van der Waals surface area contributed by atoms with E-state index in [0.29, 0.717) is 5.69 Å². The lowest BCUT2D eigenvalue weighted by Crippen LogP contribution is -2.23. The Balaban J connectivity index is 2.17. The fourth-order valence-corrected chi connectivity index (χ4v) is 2.59. The first-order chi connectivity index (χ1) is 9.61. The number of hydrogen-bond donors (Lipinski definition) is 1. The summed E-state index contributed by atoms with van der Waals surface area (Å²) in [5, 5.41) is 6.41. The Kier molecular flexibility index (Phi) is 4.68. The lowest BCUT2D eigenvalue weighted by molar-refractivity contribution is 0.0822. The number of amides is 1. The predicted octanol–water partition coefficient (Wildman–Crippen LogP) is 2.80. The molecule has 0 aliphatic carbocycles. The number of nitrogens with one attached hydrogen (secondary N) is 1. The van der Waals surface area contributed by atoms with E-state index < -0.39 is 0 Å². The van der Waals surface area contributed by atoms with Crippen molar-refractivity contribution in [2.75, 3.05) is 19.4 Å². The van der Waals surface area contributed by atoms with Crippen molar-refractivity contribution in [3.05, 3.63) is 40.6 Å². The van der Waals surface area contributed by atoms with Gasteiger partial charge in [0.05, 0.1) is 6.04 Å². The van der Waals surface area contributed by atoms with Crippen molar-refractivity contribution < 1.29 is 4.79 Å². The zero-order valence-electron chi connectivity index (χ0n) is 11.8. The molecule has 1 unspecified atom stereocenters. The molecule has 0 bridgehead atoms. The molecule has 1 atom stereocenters. The molecule has 0 aliphatic rings. The average Bonchev–Trinajstić information content (AvgIpc) is 2.98. The quantitative estimate of drug-likeness (QED) is 0.920. The van der Waals surface area contributed by atoms with Gasteiger partial charge in [-0.2, -0.15) is 0 Å². The molecule has 0 saturated carbocycles. The van der Waals surface area contributed by atoms with Crippen molar-refractivity contribution in [3.8, 4) is 0 Å². The maximum absolute atomic E-state index is 11.9. The molecular formula is C14H18N4OS. The smallest absolute Gasteiger partial charge is 0.272 e. The van der Waals surface area contributed by atoms with Crippen LogP contribution < -0.4 is 5.32 Å². The van der Waals surface area contributed by atoms with E-state index in [1.54, 1.807) is 43.9 Å². The Morgan fingerprint density at radius 2 is 2.20 bits per heavy atom. The second-order valence-electron chi connectivity index (χ2n) is 4.60. The summed E-state index contributed by atoms with van der Waals surface area (Å²) in [5.74, 6) is -0.101. The van der Waals surface area contributed by atoms with Crippen LogP contribution in [0.15, 0.2) is 29.9 Å². The number of hydrogen-bond acceptors (Lipinski definition) is 5. The highest BCUT2D eigenvalue weighted by Gasteiger charge is 2.14. The predicted molar refractivity (Wildman–Crippen MR) is 81.0 cm³/mol. The Morgan fingerprint density at radius 1 is 1.40 bits per heavy atom. The van der Waals surface area contributed by atoms with E-state index >= 15 is 0 Å². The number of thiazole rings is 1. The molecule has 0 radical (unpaired) electrons. The third-order valence-corrected chi connectivity index (χ3v) is 3.77. The van der Waals surface area contributed by atoms with Gasteiger partial charge in [0.2, 0.25) is 0 Å². The zero-order valence-corrected chi connectivity index (χ0v) is 12.6. The minimum atomic E-state index is -0.101. The van der Waals surface area contributed by atoms with E-state index in [1.807, 2.05) is 11.4 Å². The average molecular weight is 290 g/mol. The van der Waals surface area contributed by atoms with Gasteiger partial charge in [-0.3, -0.25) is 9.78 Å². The third kappa shape index (κ3) is 3.33. The molecule has 2 heterocycles. The first kappa shape index (κ1) is 14.5. The summed E-state index contributed by atoms with van der Waals surface area (Å²) in [5.41, 5.74) is 1.32. The van der Waals surface area contributed by atoms with Crippen molar-refractivity contribution in [3.63, 3.8) is 0 Å². The largest absolute Gasteiger partial charge is 0.376 e. The molecule has 0 aliphatic heterocycles. The van der Waals surface area contributed by atoms with Gasteiger partial charge in [-0.1, -0.05) is 6.92 Å². The van der Waals surface area contributed by atoms with E-state index in [0.717, 1.165) is 17.1 Å². The summed E-state index contributed by atoms with van der Waals surface area (Å²) in [6, 6.07) is 3.79. The van der Waals surface area contributed by atoms with E-state index in [9.17, 15) is 4.79 Å². The number of carbonyl (C=O) groups excluding carboxylic acids is 1. The number of pyridine rings is 1. The first-order valence-corrected chi connectivity index (χ1v) is 7.33. The van der Waals surface area contributed by atoms with Gasteiger partial charge in [-0.15, -0.1) is 11.3 Å². The van der Waals surface area contributed by atoms with Crippen molar-refractivity contribution >= 4 is 22.9 Å². The second kappa shape index (κ2) is 6.47. The van der Waals surface area contributed by atoms with Crippen molar-refractivity contribution in [1.29, 1.82) is 0 Å². The van der Waals surface area contributed by atoms with Crippen LogP contribution in [0.25, 0.3) is 0 Å². The Bertz CT molecular complexity index is 568. The minimum absolute atomic E-state index is 0.101. The molecule has 20 heavy (non-hydrogen) atoms. The molecule has 5 nitrogen and oxygen atoms in total. The van der Waals surface area contributed by atoms with Gasteiger partial charge in [0.1, 0.15) is 10.7 Å². The highest BCUT2D eigenvalue weighted by molar-refractivity contribution is 7.09. The second-order valence-corrected chi connectivity index (χ2v) is 5.53. The van der Waals surface area contributed by atoms with Crippen LogP contribution in [-0.4, -0.2) is 34.9 Å². The van der Waals surface area contributed by atoms with Gasteiger partial charge >= 0.3 is 0 Å². The Hall–Kier alpha value is -1.95. The van der Waals surface area contributed by atoms with E-state index in [2.05, 4.69) is 22.2 Å². The maximum atomic E-state index is 11.9. The monoisotopic (exact) mass is 290 g/mol. The fourth-order valence-electron chi connectivity index (χ4n) is 1.81. The summed E-state index contributed by atoms with van der Waals surface area (Å²) in [6.45, 7) is 2.10. The third-order valence-electron chi connectivity index (χ3n) is 2.88. The van der Waals surface area contributed by atoms with Gasteiger partial charge in [-0.25, -0.2) is 4.98 Å². The van der Waals surface area contributed by atoms with E-state index in [4.69, 9.17) is 0 Å². The summed E-state index contributed by atoms with van der Waals surface area (Å²) >= 11 is 1.63. The van der Waals surface area contributed by atoms with Crippen LogP contribution in [0, 0.1) is 0 Å². The number of nitrogens with zero attached hydrogens (tertiary/aromatic N) is 3. The standard InChI is InChI=1S/C14H18N4OS/c1-4-11(13-16-7-8-20-13)17-10-5-6-15-12(9-10)14(19)18(2)3/h5-9,11H,4H2,1-3H3,(H,15,17). The van der Waals surface area contributed by atoms with Crippen LogP contribution in [0.5, 0.6) is 0 Å². The maximum Gasteiger partial charge on any atom is 0.272 e. The highest BCUT2D eigenvalue weighted by Crippen LogP contribution is 2.24. The molecule has 0 fully saturated rings. The minimum Gasteiger partial charge on any atom is -0.376 e. The molecular weight excluding hydrogens is 272 g/mol. The van der Waals surface area contributed by atoms with Crippen LogP contribution in [0.1, 0.15) is 34.9 Å². The van der Waals surface area contributed by atoms with Gasteiger partial charge in [0, 0.05) is 37.6 Å². The van der Waals surface area contributed by atoms with Gasteiger partial charge in [-0.05, 0) is 18.6 Å². The molecule has 2 aromatic heterocycles. The molecule has 1 amide bonds. The molecule has 0 aromatic carbocycles. The normalized spacial score (nSPS) is 11.9. The topological polar surface area (TPSA) is 58.1 Å². The molecule has 0 saturated heterocycles. The van der Waals surface area contributed by atoms with Crippen molar-refractivity contribution in [1.82, 2.24) is 14.9 Å². The van der Waals surface area contributed by atoms with Crippen LogP contribution in [0.3, 0.4) is 0 Å². The molecule has 0 spiro atoms. The highest BCUT2D eigenvalue weighted by atomic mass is 32.1. The molecule has 1 N–H and O–H groups in total. The van der Waals surface area contributed by atoms with E-state index in [-0.39, 0.29) is 11.9 Å². The molecule has 6 heteroatoms. The van der Waals surface area contributed by atoms with Crippen LogP contribution in [0.2, 0.25) is 0 Å². The summed E-state index contributed by atoms with van der Waals surface area (Å²) < 4.78 is 0. The van der Waals surface area contributed by atoms with Gasteiger partial charge in [0.25, 0.3) is 5.91 Å². The lowest BCUT2D eigenvalue weighted by Gasteiger charge is -2.16. The molecule has 2 rings (SSSR count). The first-order valence-electron chi connectivity index (χ1n) is 6.45. The lowest BCUT2D eigenvalue weighted by atomic mass is 10.2.